The van der Waals surface area contributed by atoms with Crippen LogP contribution in [0.1, 0.15) is 23.5 Å². The summed E-state index contributed by atoms with van der Waals surface area (Å²) in [5.74, 6) is 1.89. The molecule has 1 aromatic carbocycles. The molecule has 1 aliphatic rings. The van der Waals surface area contributed by atoms with E-state index in [-0.39, 0.29) is 0 Å². The van der Waals surface area contributed by atoms with Gasteiger partial charge >= 0.3 is 0 Å². The van der Waals surface area contributed by atoms with E-state index in [9.17, 15) is 4.79 Å². The number of carbonyl (C=O) groups excluding carboxylic acids is 1. The molecule has 0 spiro atoms. The Balaban J connectivity index is 1.63. The Morgan fingerprint density at radius 2 is 2.15 bits per heavy atom. The summed E-state index contributed by atoms with van der Waals surface area (Å²) in [7, 11) is 3.55. The molecule has 0 aliphatic carbocycles. The zero-order valence-electron chi connectivity index (χ0n) is 14.9. The minimum atomic E-state index is 0.335. The van der Waals surface area contributed by atoms with E-state index in [0.29, 0.717) is 5.25 Å². The van der Waals surface area contributed by atoms with E-state index in [4.69, 9.17) is 16.0 Å². The number of hydrogen-bond acceptors (Lipinski definition) is 5. The normalized spacial score (nSPS) is 19.8. The van der Waals surface area contributed by atoms with Gasteiger partial charge in [0, 0.05) is 29.9 Å². The van der Waals surface area contributed by atoms with Gasteiger partial charge < -0.3 is 4.42 Å². The van der Waals surface area contributed by atoms with Crippen LogP contribution in [0.15, 0.2) is 51.3 Å². The van der Waals surface area contributed by atoms with Gasteiger partial charge in [0.15, 0.2) is 0 Å². The molecular formula is C20H22ClNO2S2. The van der Waals surface area contributed by atoms with Crippen LogP contribution in [0, 0.1) is 13.8 Å². The maximum Gasteiger partial charge on any atom is 0.142 e. The molecule has 2 aromatic rings. The zero-order valence-corrected chi connectivity index (χ0v) is 17.3. The van der Waals surface area contributed by atoms with Gasteiger partial charge in [-0.1, -0.05) is 51.4 Å². The van der Waals surface area contributed by atoms with E-state index >= 15 is 0 Å². The van der Waals surface area contributed by atoms with Crippen LogP contribution in [0.3, 0.4) is 0 Å². The summed E-state index contributed by atoms with van der Waals surface area (Å²) in [5, 5.41) is 1.13. The van der Waals surface area contributed by atoms with Crippen molar-refractivity contribution < 1.29 is 9.21 Å². The Morgan fingerprint density at radius 1 is 1.35 bits per heavy atom. The van der Waals surface area contributed by atoms with Crippen LogP contribution in [0.4, 0.5) is 0 Å². The smallest absolute Gasteiger partial charge is 0.142 e. The molecule has 0 saturated carbocycles. The molecule has 1 unspecified atom stereocenters. The highest BCUT2D eigenvalue weighted by atomic mass is 35.5. The Hall–Kier alpha value is -1.14. The Labute approximate surface area is 167 Å². The minimum Gasteiger partial charge on any atom is -0.465 e. The van der Waals surface area contributed by atoms with Gasteiger partial charge in [-0.3, -0.25) is 9.69 Å². The third-order valence-corrected chi connectivity index (χ3v) is 7.76. The molecule has 3 nitrogen and oxygen atoms in total. The molecule has 3 rings (SSSR count). The third kappa shape index (κ3) is 4.97. The van der Waals surface area contributed by atoms with Gasteiger partial charge in [-0.15, -0.1) is 0 Å². The number of allylic oxidation sites excluding steroid dienone is 1. The van der Waals surface area contributed by atoms with E-state index < -0.39 is 0 Å². The molecule has 1 aromatic heterocycles. The van der Waals surface area contributed by atoms with E-state index in [2.05, 4.69) is 17.0 Å². The molecule has 1 atom stereocenters. The molecule has 1 fully saturated rings. The lowest BCUT2D eigenvalue weighted by Gasteiger charge is -2.33. The van der Waals surface area contributed by atoms with Gasteiger partial charge in [0.1, 0.15) is 17.8 Å². The lowest BCUT2D eigenvalue weighted by atomic mass is 10.0. The number of halogens is 1. The molecule has 0 amide bonds. The van der Waals surface area contributed by atoms with Crippen molar-refractivity contribution in [2.75, 3.05) is 13.1 Å². The number of furan rings is 1. The number of nitrogens with zero attached hydrogens (tertiary/aromatic N) is 1. The maximum atomic E-state index is 11.1. The predicted molar refractivity (Wildman–Crippen MR) is 111 cm³/mol. The summed E-state index contributed by atoms with van der Waals surface area (Å²) in [6.07, 6.45) is 3.64. The van der Waals surface area contributed by atoms with Crippen molar-refractivity contribution >= 4 is 39.5 Å². The Kier molecular flexibility index (Phi) is 6.92. The van der Waals surface area contributed by atoms with Crippen LogP contribution < -0.4 is 0 Å². The van der Waals surface area contributed by atoms with Gasteiger partial charge in [-0.2, -0.15) is 0 Å². The van der Waals surface area contributed by atoms with Crippen LogP contribution in [0.25, 0.3) is 0 Å². The fourth-order valence-electron chi connectivity index (χ4n) is 3.08. The van der Waals surface area contributed by atoms with Crippen molar-refractivity contribution in [1.29, 1.82) is 0 Å². The molecular weight excluding hydrogens is 386 g/mol. The number of hydrogen-bond donors (Lipinski definition) is 0. The number of piperidine rings is 1. The van der Waals surface area contributed by atoms with Gasteiger partial charge in [0.25, 0.3) is 0 Å². The second kappa shape index (κ2) is 9.18. The molecule has 0 bridgehead atoms. The molecule has 1 aliphatic heterocycles. The number of likely N-dealkylation sites (tertiary alicyclic amines) is 1. The van der Waals surface area contributed by atoms with Crippen molar-refractivity contribution in [3.63, 3.8) is 0 Å². The molecule has 0 N–H and O–H groups in total. The fourth-order valence-corrected chi connectivity index (χ4v) is 6.17. The summed E-state index contributed by atoms with van der Waals surface area (Å²) >= 11 is 6.29. The number of benzene rings is 1. The molecule has 1 saturated heterocycles. The molecule has 26 heavy (non-hydrogen) atoms. The van der Waals surface area contributed by atoms with Crippen LogP contribution in [0.2, 0.25) is 5.02 Å². The first kappa shape index (κ1) is 19.6. The van der Waals surface area contributed by atoms with E-state index in [0.717, 1.165) is 59.3 Å². The zero-order chi connectivity index (χ0) is 18.5. The van der Waals surface area contributed by atoms with Gasteiger partial charge in [0.05, 0.1) is 4.90 Å². The quantitative estimate of drug-likeness (QED) is 0.349. The first-order chi connectivity index (χ1) is 12.6. The lowest BCUT2D eigenvalue weighted by Crippen LogP contribution is -2.36. The van der Waals surface area contributed by atoms with Gasteiger partial charge in [0.2, 0.25) is 0 Å². The summed E-state index contributed by atoms with van der Waals surface area (Å²) in [4.78, 5) is 14.6. The largest absolute Gasteiger partial charge is 0.465 e. The maximum absolute atomic E-state index is 11.1. The standard InChI is InChI=1S/C20H22ClNO2S2/c1-14-11-20(15(2)24-14)26-25-19-7-9-22(13-17(19)8-10-23)12-16-5-3-4-6-18(16)21/h3-6,8,10-11,19H,7,9,12-13H2,1-2H3/b17-8-. The highest BCUT2D eigenvalue weighted by molar-refractivity contribution is 8.77. The number of aryl methyl sites for hydroxylation is 2. The van der Waals surface area contributed by atoms with Crippen LogP contribution in [-0.2, 0) is 11.3 Å². The van der Waals surface area contributed by atoms with Crippen LogP contribution in [-0.4, -0.2) is 29.5 Å². The molecule has 2 heterocycles. The molecule has 6 heteroatoms. The van der Waals surface area contributed by atoms with E-state index in [1.807, 2.05) is 42.8 Å². The van der Waals surface area contributed by atoms with Crippen molar-refractivity contribution in [2.24, 2.45) is 0 Å². The highest BCUT2D eigenvalue weighted by Gasteiger charge is 2.25. The summed E-state index contributed by atoms with van der Waals surface area (Å²) in [5.41, 5.74) is 2.30. The van der Waals surface area contributed by atoms with Crippen molar-refractivity contribution in [3.8, 4) is 0 Å². The second-order valence-electron chi connectivity index (χ2n) is 6.41. The highest BCUT2D eigenvalue weighted by Crippen LogP contribution is 2.42. The second-order valence-corrected chi connectivity index (χ2v) is 9.27. The Bertz CT molecular complexity index is 803. The lowest BCUT2D eigenvalue weighted by molar-refractivity contribution is -0.104. The number of rotatable bonds is 6. The predicted octanol–water partition coefficient (Wildman–Crippen LogP) is 5.69. The Morgan fingerprint density at radius 3 is 2.85 bits per heavy atom. The summed E-state index contributed by atoms with van der Waals surface area (Å²) < 4.78 is 5.60. The van der Waals surface area contributed by atoms with Crippen LogP contribution >= 0.6 is 33.2 Å². The van der Waals surface area contributed by atoms with Crippen molar-refractivity contribution in [3.05, 3.63) is 64.1 Å². The van der Waals surface area contributed by atoms with E-state index in [1.165, 1.54) is 5.57 Å². The molecule has 138 valence electrons. The average Bonchev–Trinajstić information content (AvgIpc) is 2.94. The summed E-state index contributed by atoms with van der Waals surface area (Å²) in [6.45, 7) is 6.55. The number of aldehydes is 1. The van der Waals surface area contributed by atoms with Gasteiger partial charge in [-0.05, 0) is 49.6 Å². The SMILES string of the molecule is Cc1cc(SSC2CCN(Cc3ccccc3Cl)C/C2=C/C=O)c(C)o1. The minimum absolute atomic E-state index is 0.335. The molecule has 0 radical (unpaired) electrons. The first-order valence-electron chi connectivity index (χ1n) is 8.57. The fraction of sp³-hybridized carbons (Fsp3) is 0.350. The first-order valence-corrected chi connectivity index (χ1v) is 11.2. The monoisotopic (exact) mass is 407 g/mol. The summed E-state index contributed by atoms with van der Waals surface area (Å²) in [6, 6.07) is 10.0. The van der Waals surface area contributed by atoms with Crippen LogP contribution in [0.5, 0.6) is 0 Å². The topological polar surface area (TPSA) is 33.5 Å². The van der Waals surface area contributed by atoms with Crippen molar-refractivity contribution in [1.82, 2.24) is 4.90 Å². The third-order valence-electron chi connectivity index (χ3n) is 4.41. The average molecular weight is 408 g/mol. The van der Waals surface area contributed by atoms with E-state index in [1.54, 1.807) is 16.9 Å². The number of carbonyl (C=O) groups is 1. The van der Waals surface area contributed by atoms with Crippen molar-refractivity contribution in [2.45, 2.75) is 37.0 Å². The van der Waals surface area contributed by atoms with Gasteiger partial charge in [-0.25, -0.2) is 0 Å².